The molecule has 2 N–H and O–H groups in total. The maximum Gasteiger partial charge on any atom is 0.0621 e. The van der Waals surface area contributed by atoms with Crippen molar-refractivity contribution in [3.8, 4) is 0 Å². The Morgan fingerprint density at radius 1 is 1.50 bits per heavy atom. The summed E-state index contributed by atoms with van der Waals surface area (Å²) in [7, 11) is 1.70. The highest BCUT2D eigenvalue weighted by atomic mass is 16.5. The Labute approximate surface area is 85.7 Å². The fourth-order valence-corrected chi connectivity index (χ4v) is 1.55. The van der Waals surface area contributed by atoms with Crippen LogP contribution >= 0.6 is 0 Å². The van der Waals surface area contributed by atoms with E-state index < -0.39 is 0 Å². The molecule has 2 unspecified atom stereocenters. The van der Waals surface area contributed by atoms with E-state index in [4.69, 9.17) is 19.9 Å². The Hall–Kier alpha value is -0.160. The van der Waals surface area contributed by atoms with Crippen molar-refractivity contribution < 1.29 is 14.2 Å². The molecule has 0 radical (unpaired) electrons. The second-order valence-corrected chi connectivity index (χ2v) is 3.71. The molecule has 4 heteroatoms. The third kappa shape index (κ3) is 4.37. The van der Waals surface area contributed by atoms with Crippen molar-refractivity contribution in [1.82, 2.24) is 0 Å². The lowest BCUT2D eigenvalue weighted by atomic mass is 10.0. The molecule has 0 aliphatic carbocycles. The van der Waals surface area contributed by atoms with E-state index in [1.807, 2.05) is 0 Å². The van der Waals surface area contributed by atoms with Crippen LogP contribution in [0.25, 0.3) is 0 Å². The summed E-state index contributed by atoms with van der Waals surface area (Å²) in [6, 6.07) is 0.125. The fourth-order valence-electron chi connectivity index (χ4n) is 1.55. The van der Waals surface area contributed by atoms with Crippen molar-refractivity contribution in [2.24, 2.45) is 11.7 Å². The van der Waals surface area contributed by atoms with E-state index in [0.717, 1.165) is 39.3 Å². The molecule has 0 amide bonds. The Morgan fingerprint density at radius 2 is 2.36 bits per heavy atom. The summed E-state index contributed by atoms with van der Waals surface area (Å²) in [5.74, 6) is 0.484. The first kappa shape index (κ1) is 11.9. The van der Waals surface area contributed by atoms with Crippen molar-refractivity contribution in [2.45, 2.75) is 18.9 Å². The van der Waals surface area contributed by atoms with Gasteiger partial charge < -0.3 is 19.9 Å². The Bertz CT molecular complexity index is 137. The minimum atomic E-state index is 0.125. The predicted octanol–water partition coefficient (Wildman–Crippen LogP) is 0.403. The minimum Gasteiger partial charge on any atom is -0.385 e. The standard InChI is InChI=1S/C10H21NO3/c1-12-4-2-5-13-8-10(11)9-3-6-14-7-9/h9-10H,2-8,11H2,1H3. The molecule has 1 aliphatic rings. The second-order valence-electron chi connectivity index (χ2n) is 3.71. The zero-order valence-corrected chi connectivity index (χ0v) is 8.91. The van der Waals surface area contributed by atoms with Crippen LogP contribution in [0.4, 0.5) is 0 Å². The van der Waals surface area contributed by atoms with Gasteiger partial charge in [0.05, 0.1) is 13.2 Å². The zero-order valence-electron chi connectivity index (χ0n) is 8.91. The Morgan fingerprint density at radius 3 is 3.00 bits per heavy atom. The molecule has 1 aliphatic heterocycles. The smallest absolute Gasteiger partial charge is 0.0621 e. The summed E-state index contributed by atoms with van der Waals surface area (Å²) in [5.41, 5.74) is 5.96. The van der Waals surface area contributed by atoms with Crippen LogP contribution in [-0.4, -0.2) is 46.2 Å². The van der Waals surface area contributed by atoms with Gasteiger partial charge >= 0.3 is 0 Å². The summed E-state index contributed by atoms with van der Waals surface area (Å²) in [5, 5.41) is 0. The highest BCUT2D eigenvalue weighted by Crippen LogP contribution is 2.15. The van der Waals surface area contributed by atoms with Crippen molar-refractivity contribution in [3.63, 3.8) is 0 Å². The highest BCUT2D eigenvalue weighted by molar-refractivity contribution is 4.75. The first-order chi connectivity index (χ1) is 6.84. The van der Waals surface area contributed by atoms with Crippen LogP contribution in [0.1, 0.15) is 12.8 Å². The summed E-state index contributed by atoms with van der Waals surface area (Å²) in [6.07, 6.45) is 2.01. The Kier molecular flexibility index (Phi) is 6.10. The van der Waals surface area contributed by atoms with E-state index in [1.165, 1.54) is 0 Å². The molecule has 14 heavy (non-hydrogen) atoms. The van der Waals surface area contributed by atoms with Gasteiger partial charge in [0.2, 0.25) is 0 Å². The minimum absolute atomic E-state index is 0.125. The number of nitrogens with two attached hydrogens (primary N) is 1. The third-order valence-corrected chi connectivity index (χ3v) is 2.52. The summed E-state index contributed by atoms with van der Waals surface area (Å²) in [6.45, 7) is 3.76. The number of hydrogen-bond donors (Lipinski definition) is 1. The summed E-state index contributed by atoms with van der Waals surface area (Å²) < 4.78 is 15.6. The summed E-state index contributed by atoms with van der Waals surface area (Å²) in [4.78, 5) is 0. The van der Waals surface area contributed by atoms with Gasteiger partial charge in [-0.1, -0.05) is 0 Å². The van der Waals surface area contributed by atoms with E-state index in [9.17, 15) is 0 Å². The average Bonchev–Trinajstić information content (AvgIpc) is 2.70. The number of hydrogen-bond acceptors (Lipinski definition) is 4. The van der Waals surface area contributed by atoms with Crippen LogP contribution in [0.3, 0.4) is 0 Å². The third-order valence-electron chi connectivity index (χ3n) is 2.52. The molecule has 4 nitrogen and oxygen atoms in total. The highest BCUT2D eigenvalue weighted by Gasteiger charge is 2.22. The van der Waals surface area contributed by atoms with Gasteiger partial charge in [0, 0.05) is 38.9 Å². The lowest BCUT2D eigenvalue weighted by Gasteiger charge is -2.17. The molecule has 2 atom stereocenters. The molecule has 1 fully saturated rings. The number of methoxy groups -OCH3 is 1. The van der Waals surface area contributed by atoms with E-state index >= 15 is 0 Å². The maximum atomic E-state index is 5.96. The SMILES string of the molecule is COCCCOCC(N)C1CCOC1. The molecule has 0 saturated carbocycles. The molecule has 1 saturated heterocycles. The predicted molar refractivity (Wildman–Crippen MR) is 54.2 cm³/mol. The van der Waals surface area contributed by atoms with Crippen LogP contribution < -0.4 is 5.73 Å². The molecular weight excluding hydrogens is 182 g/mol. The van der Waals surface area contributed by atoms with E-state index in [-0.39, 0.29) is 6.04 Å². The molecule has 0 spiro atoms. The first-order valence-corrected chi connectivity index (χ1v) is 5.24. The van der Waals surface area contributed by atoms with Gasteiger partial charge in [-0.25, -0.2) is 0 Å². The molecular formula is C10H21NO3. The maximum absolute atomic E-state index is 5.96. The lowest BCUT2D eigenvalue weighted by molar-refractivity contribution is 0.0804. The van der Waals surface area contributed by atoms with Crippen LogP contribution in [0, 0.1) is 5.92 Å². The van der Waals surface area contributed by atoms with Gasteiger partial charge in [-0.2, -0.15) is 0 Å². The van der Waals surface area contributed by atoms with Gasteiger partial charge in [-0.15, -0.1) is 0 Å². The lowest BCUT2D eigenvalue weighted by Crippen LogP contribution is -2.35. The molecule has 1 heterocycles. The van der Waals surface area contributed by atoms with Crippen molar-refractivity contribution in [2.75, 3.05) is 40.1 Å². The monoisotopic (exact) mass is 203 g/mol. The van der Waals surface area contributed by atoms with Gasteiger partial charge in [-0.05, 0) is 12.8 Å². The van der Waals surface area contributed by atoms with Crippen LogP contribution in [0.5, 0.6) is 0 Å². The average molecular weight is 203 g/mol. The normalized spacial score (nSPS) is 24.0. The first-order valence-electron chi connectivity index (χ1n) is 5.24. The van der Waals surface area contributed by atoms with E-state index in [1.54, 1.807) is 7.11 Å². The molecule has 0 aromatic heterocycles. The van der Waals surface area contributed by atoms with Gasteiger partial charge in [0.1, 0.15) is 0 Å². The van der Waals surface area contributed by atoms with Gasteiger partial charge in [0.15, 0.2) is 0 Å². The van der Waals surface area contributed by atoms with Crippen LogP contribution in [0.15, 0.2) is 0 Å². The van der Waals surface area contributed by atoms with Crippen molar-refractivity contribution in [3.05, 3.63) is 0 Å². The number of ether oxygens (including phenoxy) is 3. The Balaban J connectivity index is 1.94. The quantitative estimate of drug-likeness (QED) is 0.609. The van der Waals surface area contributed by atoms with E-state index in [2.05, 4.69) is 0 Å². The van der Waals surface area contributed by atoms with Crippen molar-refractivity contribution in [1.29, 1.82) is 0 Å². The largest absolute Gasteiger partial charge is 0.385 e. The topological polar surface area (TPSA) is 53.7 Å². The van der Waals surface area contributed by atoms with Crippen LogP contribution in [-0.2, 0) is 14.2 Å². The van der Waals surface area contributed by atoms with E-state index in [0.29, 0.717) is 12.5 Å². The zero-order chi connectivity index (χ0) is 10.2. The van der Waals surface area contributed by atoms with Gasteiger partial charge in [-0.3, -0.25) is 0 Å². The van der Waals surface area contributed by atoms with Gasteiger partial charge in [0.25, 0.3) is 0 Å². The molecule has 0 bridgehead atoms. The summed E-state index contributed by atoms with van der Waals surface area (Å²) >= 11 is 0. The molecule has 0 aromatic rings. The molecule has 84 valence electrons. The van der Waals surface area contributed by atoms with Crippen molar-refractivity contribution >= 4 is 0 Å². The number of rotatable bonds is 7. The van der Waals surface area contributed by atoms with Crippen LogP contribution in [0.2, 0.25) is 0 Å². The second kappa shape index (κ2) is 7.17. The molecule has 0 aromatic carbocycles. The fraction of sp³-hybridized carbons (Fsp3) is 1.00. The molecule has 1 rings (SSSR count).